The van der Waals surface area contributed by atoms with E-state index in [4.69, 9.17) is 0 Å². The van der Waals surface area contributed by atoms with E-state index in [9.17, 15) is 4.79 Å². The van der Waals surface area contributed by atoms with E-state index < -0.39 is 0 Å². The van der Waals surface area contributed by atoms with Crippen LogP contribution in [0, 0.1) is 0 Å². The van der Waals surface area contributed by atoms with E-state index in [2.05, 4.69) is 9.72 Å². The van der Waals surface area contributed by atoms with Gasteiger partial charge in [-0.05, 0) is 12.5 Å². The predicted octanol–water partition coefficient (Wildman–Crippen LogP) is 1.19. The molecule has 0 unspecified atom stereocenters. The van der Waals surface area contributed by atoms with Crippen molar-refractivity contribution < 1.29 is 9.53 Å². The number of hydrogen-bond donors (Lipinski definition) is 1. The maximum absolute atomic E-state index is 10.9. The van der Waals surface area contributed by atoms with Crippen molar-refractivity contribution in [3.63, 3.8) is 0 Å². The Morgan fingerprint density at radius 2 is 2.29 bits per heavy atom. The molecule has 0 saturated heterocycles. The van der Waals surface area contributed by atoms with Crippen LogP contribution in [0.1, 0.15) is 12.1 Å². The van der Waals surface area contributed by atoms with Crippen LogP contribution in [0.2, 0.25) is 0 Å². The van der Waals surface area contributed by atoms with Crippen LogP contribution in [-0.4, -0.2) is 32.2 Å². The lowest BCUT2D eigenvalue weighted by atomic mass is 10.2. The summed E-state index contributed by atoms with van der Waals surface area (Å²) in [6, 6.07) is 2.03. The quantitative estimate of drug-likeness (QED) is 0.736. The van der Waals surface area contributed by atoms with Gasteiger partial charge in [0.1, 0.15) is 0 Å². The first-order valence-corrected chi connectivity index (χ1v) is 4.55. The van der Waals surface area contributed by atoms with Gasteiger partial charge < -0.3 is 14.6 Å². The molecular weight excluding hydrogens is 180 g/mol. The van der Waals surface area contributed by atoms with Gasteiger partial charge in [0, 0.05) is 26.0 Å². The van der Waals surface area contributed by atoms with Crippen molar-refractivity contribution in [1.82, 2.24) is 4.98 Å². The van der Waals surface area contributed by atoms with Crippen LogP contribution in [0.4, 0.5) is 5.69 Å². The molecule has 14 heavy (non-hydrogen) atoms. The Labute approximate surface area is 83.9 Å². The third kappa shape index (κ3) is 2.80. The average molecular weight is 196 g/mol. The van der Waals surface area contributed by atoms with Crippen molar-refractivity contribution in [2.75, 3.05) is 26.1 Å². The van der Waals surface area contributed by atoms with Gasteiger partial charge in [-0.15, -0.1) is 0 Å². The molecule has 0 spiro atoms. The number of ether oxygens (including phenoxy) is 1. The normalized spacial score (nSPS) is 9.93. The third-order valence-electron chi connectivity index (χ3n) is 2.07. The Balaban J connectivity index is 2.48. The van der Waals surface area contributed by atoms with Gasteiger partial charge in [-0.3, -0.25) is 4.79 Å². The first kappa shape index (κ1) is 10.6. The number of nitrogens with one attached hydrogen (secondary N) is 1. The van der Waals surface area contributed by atoms with Crippen molar-refractivity contribution in [2.45, 2.75) is 12.8 Å². The Morgan fingerprint density at radius 1 is 1.57 bits per heavy atom. The van der Waals surface area contributed by atoms with E-state index in [1.165, 1.54) is 7.11 Å². The predicted molar refractivity (Wildman–Crippen MR) is 55.5 cm³/mol. The van der Waals surface area contributed by atoms with E-state index in [1.807, 2.05) is 31.3 Å². The van der Waals surface area contributed by atoms with Gasteiger partial charge in [0.15, 0.2) is 0 Å². The van der Waals surface area contributed by atoms with Crippen molar-refractivity contribution in [1.29, 1.82) is 0 Å². The second kappa shape index (κ2) is 4.69. The number of carbonyl (C=O) groups is 1. The molecule has 78 valence electrons. The number of anilines is 1. The summed E-state index contributed by atoms with van der Waals surface area (Å²) < 4.78 is 4.56. The van der Waals surface area contributed by atoms with Gasteiger partial charge >= 0.3 is 5.97 Å². The average Bonchev–Trinajstić information content (AvgIpc) is 2.62. The fourth-order valence-electron chi connectivity index (χ4n) is 1.17. The molecule has 0 fully saturated rings. The van der Waals surface area contributed by atoms with Gasteiger partial charge in [0.2, 0.25) is 0 Å². The molecule has 0 amide bonds. The Kier molecular flexibility index (Phi) is 3.56. The van der Waals surface area contributed by atoms with E-state index in [1.54, 1.807) is 0 Å². The standard InChI is InChI=1S/C10H16N2O2/c1-12(2)9-6-8(11-7-9)4-5-10(13)14-3/h6-7,11H,4-5H2,1-3H3. The van der Waals surface area contributed by atoms with E-state index in [0.29, 0.717) is 12.8 Å². The summed E-state index contributed by atoms with van der Waals surface area (Å²) in [4.78, 5) is 16.0. The lowest BCUT2D eigenvalue weighted by Gasteiger charge is -2.07. The summed E-state index contributed by atoms with van der Waals surface area (Å²) in [7, 11) is 5.36. The zero-order valence-corrected chi connectivity index (χ0v) is 8.83. The molecule has 1 rings (SSSR count). The van der Waals surface area contributed by atoms with E-state index in [-0.39, 0.29) is 5.97 Å². The van der Waals surface area contributed by atoms with Crippen LogP contribution < -0.4 is 4.90 Å². The molecule has 4 nitrogen and oxygen atoms in total. The van der Waals surface area contributed by atoms with Gasteiger partial charge in [0.05, 0.1) is 19.2 Å². The molecule has 0 aromatic carbocycles. The fraction of sp³-hybridized carbons (Fsp3) is 0.500. The summed E-state index contributed by atoms with van der Waals surface area (Å²) in [6.45, 7) is 0. The second-order valence-electron chi connectivity index (χ2n) is 3.35. The maximum atomic E-state index is 10.9. The highest BCUT2D eigenvalue weighted by atomic mass is 16.5. The maximum Gasteiger partial charge on any atom is 0.305 e. The van der Waals surface area contributed by atoms with Crippen molar-refractivity contribution in [2.24, 2.45) is 0 Å². The SMILES string of the molecule is COC(=O)CCc1cc(N(C)C)c[nH]1. The molecule has 0 saturated carbocycles. The molecule has 1 aromatic rings. The van der Waals surface area contributed by atoms with Gasteiger partial charge in [-0.1, -0.05) is 0 Å². The van der Waals surface area contributed by atoms with Gasteiger partial charge in [0.25, 0.3) is 0 Å². The number of rotatable bonds is 4. The second-order valence-corrected chi connectivity index (χ2v) is 3.35. The number of nitrogens with zero attached hydrogens (tertiary/aromatic N) is 1. The fourth-order valence-corrected chi connectivity index (χ4v) is 1.17. The minimum Gasteiger partial charge on any atom is -0.469 e. The molecule has 1 heterocycles. The Bertz CT molecular complexity index is 305. The molecule has 4 heteroatoms. The van der Waals surface area contributed by atoms with Crippen molar-refractivity contribution in [3.05, 3.63) is 18.0 Å². The molecule has 0 atom stereocenters. The topological polar surface area (TPSA) is 45.3 Å². The summed E-state index contributed by atoms with van der Waals surface area (Å²) in [5.74, 6) is -0.175. The largest absolute Gasteiger partial charge is 0.469 e. The minimum absolute atomic E-state index is 0.175. The molecular formula is C10H16N2O2. The minimum atomic E-state index is -0.175. The van der Waals surface area contributed by atoms with Crippen molar-refractivity contribution >= 4 is 11.7 Å². The van der Waals surface area contributed by atoms with Gasteiger partial charge in [-0.2, -0.15) is 0 Å². The molecule has 0 aliphatic carbocycles. The lowest BCUT2D eigenvalue weighted by molar-refractivity contribution is -0.140. The smallest absolute Gasteiger partial charge is 0.305 e. The zero-order valence-electron chi connectivity index (χ0n) is 8.83. The van der Waals surface area contributed by atoms with Crippen LogP contribution >= 0.6 is 0 Å². The summed E-state index contributed by atoms with van der Waals surface area (Å²) in [5, 5.41) is 0. The van der Waals surface area contributed by atoms with Crippen LogP contribution in [0.25, 0.3) is 0 Å². The summed E-state index contributed by atoms with van der Waals surface area (Å²) in [6.07, 6.45) is 3.04. The number of aryl methyl sites for hydroxylation is 1. The highest BCUT2D eigenvalue weighted by Gasteiger charge is 2.04. The first-order chi connectivity index (χ1) is 6.63. The number of hydrogen-bond acceptors (Lipinski definition) is 3. The van der Waals surface area contributed by atoms with Gasteiger partial charge in [-0.25, -0.2) is 0 Å². The molecule has 0 bridgehead atoms. The Hall–Kier alpha value is -1.45. The molecule has 0 radical (unpaired) electrons. The van der Waals surface area contributed by atoms with Crippen LogP contribution in [0.3, 0.4) is 0 Å². The number of carbonyl (C=O) groups excluding carboxylic acids is 1. The Morgan fingerprint density at radius 3 is 2.79 bits per heavy atom. The molecule has 1 aromatic heterocycles. The monoisotopic (exact) mass is 196 g/mol. The summed E-state index contributed by atoms with van der Waals surface area (Å²) in [5.41, 5.74) is 2.17. The highest BCUT2D eigenvalue weighted by Crippen LogP contribution is 2.13. The summed E-state index contributed by atoms with van der Waals surface area (Å²) >= 11 is 0. The zero-order chi connectivity index (χ0) is 10.6. The van der Waals surface area contributed by atoms with Crippen LogP contribution in [0.15, 0.2) is 12.3 Å². The molecule has 1 N–H and O–H groups in total. The molecule has 0 aliphatic heterocycles. The number of aromatic amines is 1. The number of methoxy groups -OCH3 is 1. The number of esters is 1. The van der Waals surface area contributed by atoms with Crippen LogP contribution in [0.5, 0.6) is 0 Å². The highest BCUT2D eigenvalue weighted by molar-refractivity contribution is 5.69. The van der Waals surface area contributed by atoms with E-state index >= 15 is 0 Å². The van der Waals surface area contributed by atoms with E-state index in [0.717, 1.165) is 11.4 Å². The lowest BCUT2D eigenvalue weighted by Crippen LogP contribution is -2.07. The number of aromatic nitrogens is 1. The number of H-pyrrole nitrogens is 1. The van der Waals surface area contributed by atoms with Crippen LogP contribution in [-0.2, 0) is 16.0 Å². The van der Waals surface area contributed by atoms with Crippen molar-refractivity contribution in [3.8, 4) is 0 Å². The molecule has 0 aliphatic rings. The third-order valence-corrected chi connectivity index (χ3v) is 2.07. The first-order valence-electron chi connectivity index (χ1n) is 4.55.